The highest BCUT2D eigenvalue weighted by molar-refractivity contribution is 5.71. The second-order valence-corrected chi connectivity index (χ2v) is 20.2. The molecule has 0 aliphatic heterocycles. The van der Waals surface area contributed by atoms with Crippen molar-refractivity contribution in [2.24, 2.45) is 0 Å². The Morgan fingerprint density at radius 1 is 0.276 bits per heavy atom. The second-order valence-electron chi connectivity index (χ2n) is 20.2. The maximum absolute atomic E-state index is 12.9. The molecule has 0 saturated carbocycles. The molecule has 0 heterocycles. The average Bonchev–Trinajstić information content (AvgIpc) is 3.42. The van der Waals surface area contributed by atoms with Gasteiger partial charge in [0.25, 0.3) is 0 Å². The van der Waals surface area contributed by atoms with Crippen molar-refractivity contribution in [3.05, 3.63) is 134 Å². The summed E-state index contributed by atoms with van der Waals surface area (Å²) in [4.78, 5) is 38.2. The van der Waals surface area contributed by atoms with E-state index in [2.05, 4.69) is 154 Å². The van der Waals surface area contributed by atoms with Gasteiger partial charge in [-0.25, -0.2) is 0 Å². The maximum atomic E-state index is 12.9. The van der Waals surface area contributed by atoms with Crippen LogP contribution in [-0.2, 0) is 28.6 Å². The third-order valence-electron chi connectivity index (χ3n) is 12.8. The van der Waals surface area contributed by atoms with Crippen LogP contribution in [0, 0.1) is 0 Å². The molecule has 76 heavy (non-hydrogen) atoms. The largest absolute Gasteiger partial charge is 0.462 e. The lowest BCUT2D eigenvalue weighted by molar-refractivity contribution is -0.167. The van der Waals surface area contributed by atoms with Crippen LogP contribution < -0.4 is 0 Å². The molecule has 0 bridgehead atoms. The highest BCUT2D eigenvalue weighted by atomic mass is 16.6. The van der Waals surface area contributed by atoms with Crippen LogP contribution in [0.3, 0.4) is 0 Å². The first-order valence-corrected chi connectivity index (χ1v) is 31.2. The van der Waals surface area contributed by atoms with Crippen LogP contribution in [0.2, 0.25) is 0 Å². The first-order chi connectivity index (χ1) is 37.5. The van der Waals surface area contributed by atoms with Crippen molar-refractivity contribution in [1.82, 2.24) is 0 Å². The molecule has 0 N–H and O–H groups in total. The van der Waals surface area contributed by atoms with Crippen molar-refractivity contribution in [3.8, 4) is 0 Å². The minimum Gasteiger partial charge on any atom is -0.462 e. The minimum atomic E-state index is -0.807. The standard InChI is InChI=1S/C70H114O6/c1-4-7-10-13-16-19-22-24-26-28-30-32-33-34-35-36-37-39-40-42-44-46-48-51-54-57-60-63-69(72)75-66-67(65-74-68(71)62-59-56-53-50-21-18-15-12-9-6-3)76-70(73)64-61-58-55-52-49-47-45-43-41-38-31-29-27-25-23-20-17-14-11-8-5-2/h7,10,12,15-16,19,23-26,29-32,34-35,37,39,42,44,48,51,67H,4-6,8-9,11,13-14,17-18,20-22,27-28,33,36,38,40-41,43,45-47,49-50,52-66H2,1-3H3/b10-7-,15-12-,19-16-,25-23-,26-24-,31-29-,32-30-,35-34-,39-37-,44-42-,51-48-. The van der Waals surface area contributed by atoms with Gasteiger partial charge in [0.05, 0.1) is 0 Å². The fourth-order valence-corrected chi connectivity index (χ4v) is 8.20. The molecule has 6 heteroatoms. The highest BCUT2D eigenvalue weighted by Crippen LogP contribution is 2.14. The van der Waals surface area contributed by atoms with Crippen molar-refractivity contribution < 1.29 is 28.6 Å². The van der Waals surface area contributed by atoms with Crippen LogP contribution in [0.1, 0.15) is 271 Å². The molecule has 0 amide bonds. The molecule has 0 aromatic heterocycles. The Bertz CT molecular complexity index is 1630. The molecule has 430 valence electrons. The summed E-state index contributed by atoms with van der Waals surface area (Å²) in [5.74, 6) is -0.963. The highest BCUT2D eigenvalue weighted by Gasteiger charge is 2.19. The van der Waals surface area contributed by atoms with E-state index in [4.69, 9.17) is 14.2 Å². The van der Waals surface area contributed by atoms with Crippen LogP contribution in [-0.4, -0.2) is 37.2 Å². The predicted molar refractivity (Wildman–Crippen MR) is 329 cm³/mol. The van der Waals surface area contributed by atoms with Crippen molar-refractivity contribution >= 4 is 17.9 Å². The van der Waals surface area contributed by atoms with Gasteiger partial charge >= 0.3 is 17.9 Å². The number of rotatable bonds is 55. The van der Waals surface area contributed by atoms with Gasteiger partial charge in [-0.15, -0.1) is 0 Å². The summed E-state index contributed by atoms with van der Waals surface area (Å²) in [6.45, 7) is 6.41. The van der Waals surface area contributed by atoms with Gasteiger partial charge in [0.2, 0.25) is 0 Å². The molecule has 1 unspecified atom stereocenters. The fraction of sp³-hybridized carbons (Fsp3) is 0.643. The summed E-state index contributed by atoms with van der Waals surface area (Å²) in [7, 11) is 0. The number of unbranched alkanes of at least 4 members (excludes halogenated alkanes) is 22. The normalized spacial score (nSPS) is 13.0. The van der Waals surface area contributed by atoms with Gasteiger partial charge in [0, 0.05) is 19.3 Å². The molecule has 0 saturated heterocycles. The Morgan fingerprint density at radius 3 is 0.895 bits per heavy atom. The van der Waals surface area contributed by atoms with Gasteiger partial charge in [-0.2, -0.15) is 0 Å². The Balaban J connectivity index is 4.39. The van der Waals surface area contributed by atoms with Gasteiger partial charge in [-0.3, -0.25) is 14.4 Å². The summed E-state index contributed by atoms with van der Waals surface area (Å²) >= 11 is 0. The number of allylic oxidation sites excluding steroid dienone is 22. The van der Waals surface area contributed by atoms with Crippen LogP contribution in [0.25, 0.3) is 0 Å². The Morgan fingerprint density at radius 2 is 0.539 bits per heavy atom. The number of esters is 3. The summed E-state index contributed by atoms with van der Waals surface area (Å²) < 4.78 is 16.8. The van der Waals surface area contributed by atoms with Gasteiger partial charge < -0.3 is 14.2 Å². The number of hydrogen-bond donors (Lipinski definition) is 0. The molecule has 0 aliphatic rings. The molecule has 0 aliphatic carbocycles. The Labute approximate surface area is 468 Å². The summed E-state index contributed by atoms with van der Waals surface area (Å²) in [5.41, 5.74) is 0. The third kappa shape index (κ3) is 60.4. The molecular weight excluding hydrogens is 937 g/mol. The monoisotopic (exact) mass is 1050 g/mol. The van der Waals surface area contributed by atoms with Gasteiger partial charge in [0.1, 0.15) is 13.2 Å². The van der Waals surface area contributed by atoms with E-state index in [-0.39, 0.29) is 31.1 Å². The molecule has 0 spiro atoms. The van der Waals surface area contributed by atoms with E-state index < -0.39 is 6.10 Å². The van der Waals surface area contributed by atoms with E-state index in [1.54, 1.807) is 0 Å². The second kappa shape index (κ2) is 63.1. The molecular formula is C70H114O6. The number of carbonyl (C=O) groups is 3. The number of carbonyl (C=O) groups excluding carboxylic acids is 3. The zero-order valence-electron chi connectivity index (χ0n) is 49.2. The molecule has 0 rings (SSSR count). The summed E-state index contributed by atoms with van der Waals surface area (Å²) in [5, 5.41) is 0. The molecule has 0 radical (unpaired) electrons. The van der Waals surface area contributed by atoms with Gasteiger partial charge in [-0.1, -0.05) is 251 Å². The Kier molecular flexibility index (Phi) is 59.4. The van der Waals surface area contributed by atoms with E-state index in [1.807, 2.05) is 0 Å². The van der Waals surface area contributed by atoms with Crippen molar-refractivity contribution in [2.45, 2.75) is 277 Å². The van der Waals surface area contributed by atoms with Crippen LogP contribution in [0.4, 0.5) is 0 Å². The van der Waals surface area contributed by atoms with E-state index >= 15 is 0 Å². The Hall–Kier alpha value is -4.45. The lowest BCUT2D eigenvalue weighted by Gasteiger charge is -2.18. The first kappa shape index (κ1) is 71.5. The third-order valence-corrected chi connectivity index (χ3v) is 12.8. The average molecular weight is 1050 g/mol. The van der Waals surface area contributed by atoms with Crippen molar-refractivity contribution in [3.63, 3.8) is 0 Å². The molecule has 6 nitrogen and oxygen atoms in total. The SMILES string of the molecule is CC/C=C\C/C=C\C/C=C\C/C=C\C/C=C\C/C=C\C/C=C\C/C=C\CCCCC(=O)OCC(COC(=O)CCCCCCC/C=C\CCC)OC(=O)CCCCCCCCCCC/C=C\C/C=C\CCCCCCC. The van der Waals surface area contributed by atoms with Crippen LogP contribution >= 0.6 is 0 Å². The van der Waals surface area contributed by atoms with Crippen LogP contribution in [0.15, 0.2) is 134 Å². The fourth-order valence-electron chi connectivity index (χ4n) is 8.20. The van der Waals surface area contributed by atoms with E-state index in [0.29, 0.717) is 25.7 Å². The number of hydrogen-bond acceptors (Lipinski definition) is 6. The van der Waals surface area contributed by atoms with Crippen molar-refractivity contribution in [1.29, 1.82) is 0 Å². The van der Waals surface area contributed by atoms with Gasteiger partial charge in [0.15, 0.2) is 6.10 Å². The smallest absolute Gasteiger partial charge is 0.306 e. The van der Waals surface area contributed by atoms with Crippen molar-refractivity contribution in [2.75, 3.05) is 13.2 Å². The zero-order chi connectivity index (χ0) is 55.0. The minimum absolute atomic E-state index is 0.102. The van der Waals surface area contributed by atoms with Crippen LogP contribution in [0.5, 0.6) is 0 Å². The molecule has 0 fully saturated rings. The molecule has 1 atom stereocenters. The van der Waals surface area contributed by atoms with E-state index in [0.717, 1.165) is 128 Å². The lowest BCUT2D eigenvalue weighted by Crippen LogP contribution is -2.30. The topological polar surface area (TPSA) is 78.9 Å². The van der Waals surface area contributed by atoms with E-state index in [9.17, 15) is 14.4 Å². The first-order valence-electron chi connectivity index (χ1n) is 31.2. The summed E-state index contributed by atoms with van der Waals surface area (Å²) in [6.07, 6.45) is 88.9. The maximum Gasteiger partial charge on any atom is 0.306 e. The molecule has 0 aromatic rings. The summed E-state index contributed by atoms with van der Waals surface area (Å²) in [6, 6.07) is 0. The van der Waals surface area contributed by atoms with Gasteiger partial charge in [-0.05, 0) is 135 Å². The lowest BCUT2D eigenvalue weighted by atomic mass is 10.1. The molecule has 0 aromatic carbocycles. The zero-order valence-corrected chi connectivity index (χ0v) is 49.2. The quantitative estimate of drug-likeness (QED) is 0.0261. The number of ether oxygens (including phenoxy) is 3. The van der Waals surface area contributed by atoms with E-state index in [1.165, 1.54) is 96.3 Å². The predicted octanol–water partition coefficient (Wildman–Crippen LogP) is 21.4.